The first kappa shape index (κ1) is 26.8. The Balaban J connectivity index is 0.00000352. The number of thiol groups is 1. The van der Waals surface area contributed by atoms with Crippen LogP contribution in [0.15, 0.2) is 54.2 Å². The van der Waals surface area contributed by atoms with Crippen molar-refractivity contribution in [3.05, 3.63) is 70.8 Å². The van der Waals surface area contributed by atoms with E-state index in [0.717, 1.165) is 18.4 Å². The van der Waals surface area contributed by atoms with Crippen molar-refractivity contribution in [2.45, 2.75) is 92.4 Å². The molecule has 0 amide bonds. The summed E-state index contributed by atoms with van der Waals surface area (Å²) in [5.41, 5.74) is 7.26. The van der Waals surface area contributed by atoms with Gasteiger partial charge in [0, 0.05) is 5.75 Å². The Bertz CT molecular complexity index is 660. The zero-order valence-corrected chi connectivity index (χ0v) is 20.8. The topological polar surface area (TPSA) is 0 Å². The van der Waals surface area contributed by atoms with E-state index in [1.54, 1.807) is 0 Å². The lowest BCUT2D eigenvalue weighted by atomic mass is 9.77. The van der Waals surface area contributed by atoms with Gasteiger partial charge in [0.1, 0.15) is 0 Å². The third-order valence-corrected chi connectivity index (χ3v) is 5.12. The molecule has 158 valence electrons. The first-order valence-electron chi connectivity index (χ1n) is 10.7. The van der Waals surface area contributed by atoms with Crippen molar-refractivity contribution < 1.29 is 0 Å². The summed E-state index contributed by atoms with van der Waals surface area (Å²) < 4.78 is 0. The number of aryl methyl sites for hydroxylation is 1. The molecule has 0 spiro atoms. The summed E-state index contributed by atoms with van der Waals surface area (Å²) in [6.07, 6.45) is 9.77. The zero-order valence-electron chi connectivity index (χ0n) is 19.9. The third kappa shape index (κ3) is 9.82. The predicted molar refractivity (Wildman–Crippen MR) is 134 cm³/mol. The molecular formula is C27H44S. The molecular weight excluding hydrogens is 356 g/mol. The van der Waals surface area contributed by atoms with Crippen molar-refractivity contribution in [1.82, 2.24) is 0 Å². The second kappa shape index (κ2) is 12.4. The Morgan fingerprint density at radius 2 is 1.64 bits per heavy atom. The molecule has 0 radical (unpaired) electrons. The van der Waals surface area contributed by atoms with Crippen LogP contribution in [0.3, 0.4) is 0 Å². The van der Waals surface area contributed by atoms with Crippen LogP contribution in [0, 0.1) is 0 Å². The van der Waals surface area contributed by atoms with Gasteiger partial charge < -0.3 is 0 Å². The van der Waals surface area contributed by atoms with Crippen LogP contribution in [0.2, 0.25) is 0 Å². The van der Waals surface area contributed by atoms with Crippen LogP contribution in [0.4, 0.5) is 0 Å². The summed E-state index contributed by atoms with van der Waals surface area (Å²) in [5, 5.41) is 0. The van der Waals surface area contributed by atoms with Crippen molar-refractivity contribution in [1.29, 1.82) is 0 Å². The van der Waals surface area contributed by atoms with Crippen LogP contribution in [0.25, 0.3) is 0 Å². The molecule has 0 aromatic heterocycles. The van der Waals surface area contributed by atoms with Gasteiger partial charge in [-0.3, -0.25) is 0 Å². The van der Waals surface area contributed by atoms with Gasteiger partial charge in [-0.15, -0.1) is 0 Å². The maximum atomic E-state index is 4.22. The summed E-state index contributed by atoms with van der Waals surface area (Å²) in [5.74, 6) is 0.712. The first-order valence-corrected chi connectivity index (χ1v) is 11.3. The van der Waals surface area contributed by atoms with Gasteiger partial charge >= 0.3 is 0 Å². The molecule has 0 saturated heterocycles. The van der Waals surface area contributed by atoms with Gasteiger partial charge in [0.05, 0.1) is 0 Å². The minimum atomic E-state index is 0.178. The second-order valence-corrected chi connectivity index (χ2v) is 9.73. The lowest BCUT2D eigenvalue weighted by molar-refractivity contribution is 0.561. The monoisotopic (exact) mass is 400 g/mol. The highest BCUT2D eigenvalue weighted by molar-refractivity contribution is 7.80. The van der Waals surface area contributed by atoms with E-state index in [2.05, 4.69) is 98.0 Å². The highest BCUT2D eigenvalue weighted by Gasteiger charge is 2.21. The highest BCUT2D eigenvalue weighted by atomic mass is 32.1. The van der Waals surface area contributed by atoms with E-state index < -0.39 is 0 Å². The Labute approximate surface area is 181 Å². The van der Waals surface area contributed by atoms with Crippen LogP contribution < -0.4 is 0 Å². The third-order valence-electron chi connectivity index (χ3n) is 4.72. The van der Waals surface area contributed by atoms with Crippen molar-refractivity contribution in [2.24, 2.45) is 0 Å². The van der Waals surface area contributed by atoms with Crippen molar-refractivity contribution in [3.8, 4) is 0 Å². The predicted octanol–water partition coefficient (Wildman–Crippen LogP) is 8.62. The van der Waals surface area contributed by atoms with E-state index in [1.165, 1.54) is 28.7 Å². The molecule has 28 heavy (non-hydrogen) atoms. The lowest BCUT2D eigenvalue weighted by Crippen LogP contribution is -2.18. The van der Waals surface area contributed by atoms with Crippen LogP contribution in [0.1, 0.15) is 91.8 Å². The van der Waals surface area contributed by atoms with E-state index in [4.69, 9.17) is 0 Å². The second-order valence-electron chi connectivity index (χ2n) is 9.41. The summed E-state index contributed by atoms with van der Waals surface area (Å²) in [6, 6.07) is 7.11. The fourth-order valence-corrected chi connectivity index (χ4v) is 3.11. The molecule has 1 aromatic carbocycles. The molecule has 0 aliphatic heterocycles. The largest absolute Gasteiger partial charge is 0.175 e. The Hall–Kier alpha value is -1.21. The number of rotatable bonds is 7. The van der Waals surface area contributed by atoms with Crippen LogP contribution in [-0.4, -0.2) is 5.75 Å². The number of benzene rings is 1. The number of hydrogen-bond donors (Lipinski definition) is 1. The standard InChI is InChI=1S/C25H38S.C2H6/c1-19(11-9-13-20(2)18-26)12-10-14-21-15-16-22(24(3,4)5)17-23(21)25(6,7)8;1-2/h9,11,13,15-17,26H,2,10,12,14,18H2,1,3-8H3;1-2H3/b13-9-,19-11+;. The summed E-state index contributed by atoms with van der Waals surface area (Å²) in [7, 11) is 0. The van der Waals surface area contributed by atoms with Gasteiger partial charge in [-0.1, -0.05) is 104 Å². The molecule has 0 unspecified atom stereocenters. The summed E-state index contributed by atoms with van der Waals surface area (Å²) in [4.78, 5) is 0. The van der Waals surface area contributed by atoms with Crippen LogP contribution >= 0.6 is 12.6 Å². The number of allylic oxidation sites excluding steroid dienone is 4. The maximum Gasteiger partial charge on any atom is 0.0148 e. The van der Waals surface area contributed by atoms with Gasteiger partial charge in [-0.2, -0.15) is 12.6 Å². The molecule has 0 bridgehead atoms. The maximum absolute atomic E-state index is 4.22. The van der Waals surface area contributed by atoms with E-state index in [0.29, 0.717) is 5.75 Å². The summed E-state index contributed by atoms with van der Waals surface area (Å²) in [6.45, 7) is 24.0. The average Bonchev–Trinajstić information content (AvgIpc) is 2.61. The smallest absolute Gasteiger partial charge is 0.0148 e. The normalized spacial score (nSPS) is 12.7. The molecule has 0 fully saturated rings. The molecule has 1 heteroatoms. The minimum absolute atomic E-state index is 0.178. The fourth-order valence-electron chi connectivity index (χ4n) is 3.00. The van der Waals surface area contributed by atoms with Gasteiger partial charge in [0.15, 0.2) is 0 Å². The zero-order chi connectivity index (χ0) is 22.0. The van der Waals surface area contributed by atoms with Crippen molar-refractivity contribution in [3.63, 3.8) is 0 Å². The van der Waals surface area contributed by atoms with Crippen LogP contribution in [-0.2, 0) is 17.3 Å². The molecule has 1 aromatic rings. The molecule has 0 atom stereocenters. The van der Waals surface area contributed by atoms with E-state index in [-0.39, 0.29) is 10.8 Å². The SMILES string of the molecule is C=C(/C=C\C=C(/C)CCCc1ccc(C(C)(C)C)cc1C(C)(C)C)CS.CC. The molecule has 1 rings (SSSR count). The van der Waals surface area contributed by atoms with E-state index in [1.807, 2.05) is 19.9 Å². The minimum Gasteiger partial charge on any atom is -0.175 e. The Kier molecular flexibility index (Phi) is 11.8. The van der Waals surface area contributed by atoms with E-state index in [9.17, 15) is 0 Å². The molecule has 0 nitrogen and oxygen atoms in total. The lowest BCUT2D eigenvalue weighted by Gasteiger charge is -2.27. The van der Waals surface area contributed by atoms with Crippen molar-refractivity contribution >= 4 is 12.6 Å². The van der Waals surface area contributed by atoms with Gasteiger partial charge in [0.25, 0.3) is 0 Å². The first-order chi connectivity index (χ1) is 12.9. The van der Waals surface area contributed by atoms with Crippen LogP contribution in [0.5, 0.6) is 0 Å². The summed E-state index contributed by atoms with van der Waals surface area (Å²) >= 11 is 4.22. The molecule has 0 saturated carbocycles. The van der Waals surface area contributed by atoms with Gasteiger partial charge in [-0.05, 0) is 59.3 Å². The Morgan fingerprint density at radius 1 is 1.04 bits per heavy atom. The fraction of sp³-hybridized carbons (Fsp3) is 0.556. The quantitative estimate of drug-likeness (QED) is 0.343. The van der Waals surface area contributed by atoms with E-state index >= 15 is 0 Å². The molecule has 0 aliphatic rings. The van der Waals surface area contributed by atoms with Crippen molar-refractivity contribution in [2.75, 3.05) is 5.75 Å². The number of hydrogen-bond acceptors (Lipinski definition) is 1. The highest BCUT2D eigenvalue weighted by Crippen LogP contribution is 2.32. The Morgan fingerprint density at radius 3 is 2.14 bits per heavy atom. The van der Waals surface area contributed by atoms with Gasteiger partial charge in [-0.25, -0.2) is 0 Å². The van der Waals surface area contributed by atoms with Gasteiger partial charge in [0.2, 0.25) is 0 Å². The molecule has 0 aliphatic carbocycles. The molecule has 0 heterocycles. The average molecular weight is 401 g/mol. The molecule has 0 N–H and O–H groups in total.